The fourth-order valence-corrected chi connectivity index (χ4v) is 3.90. The van der Waals surface area contributed by atoms with Crippen LogP contribution in [0, 0.1) is 0 Å². The minimum atomic E-state index is -6.03. The number of nitrogens with one attached hydrogen (secondary N) is 1. The molecule has 0 spiro atoms. The highest BCUT2D eigenvalue weighted by Crippen LogP contribution is 2.35. The van der Waals surface area contributed by atoms with E-state index in [9.17, 15) is 31.5 Å². The van der Waals surface area contributed by atoms with Crippen molar-refractivity contribution in [3.63, 3.8) is 0 Å². The van der Waals surface area contributed by atoms with E-state index >= 15 is 0 Å². The Morgan fingerprint density at radius 2 is 1.24 bits per heavy atom. The van der Waals surface area contributed by atoms with Crippen LogP contribution in [-0.2, 0) is 14.3 Å². The molecule has 0 aromatic rings. The van der Waals surface area contributed by atoms with Crippen molar-refractivity contribution in [3.8, 4) is 0 Å². The molecule has 0 saturated carbocycles. The molecule has 1 atom stereocenters. The van der Waals surface area contributed by atoms with Gasteiger partial charge < -0.3 is 10.1 Å². The van der Waals surface area contributed by atoms with Crippen LogP contribution in [-0.4, -0.2) is 48.6 Å². The molecule has 202 valence electrons. The van der Waals surface area contributed by atoms with Gasteiger partial charge in [-0.15, -0.1) is 0 Å². The number of carbonyl (C=O) groups is 2. The predicted molar refractivity (Wildman–Crippen MR) is 127 cm³/mol. The minimum absolute atomic E-state index is 0.0398. The number of carbonyl (C=O) groups excluding carboxylic acids is 2. The van der Waals surface area contributed by atoms with Crippen LogP contribution in [0.15, 0.2) is 0 Å². The number of amides is 1. The van der Waals surface area contributed by atoms with Gasteiger partial charge in [0.15, 0.2) is 0 Å². The number of alkyl halides is 5. The molecular weight excluding hydrogens is 477 g/mol. The minimum Gasteiger partial charge on any atom is -0.464 e. The summed E-state index contributed by atoms with van der Waals surface area (Å²) in [6.07, 6.45) is 11.8. The van der Waals surface area contributed by atoms with E-state index in [0.29, 0.717) is 6.42 Å². The number of hydrogen-bond acceptors (Lipinski definition) is 4. The third-order valence-electron chi connectivity index (χ3n) is 5.58. The van der Waals surface area contributed by atoms with Gasteiger partial charge in [0.25, 0.3) is 0 Å². The summed E-state index contributed by atoms with van der Waals surface area (Å²) in [5.74, 6) is -8.81. The zero-order valence-electron chi connectivity index (χ0n) is 20.6. The summed E-state index contributed by atoms with van der Waals surface area (Å²) in [6, 6.07) is -1.54. The van der Waals surface area contributed by atoms with Gasteiger partial charge in [-0.3, -0.25) is 4.79 Å². The maximum Gasteiger partial charge on any atom is 0.463 e. The molecule has 0 radical (unpaired) electrons. The van der Waals surface area contributed by atoms with Crippen LogP contribution in [0.1, 0.15) is 103 Å². The molecule has 0 aliphatic heterocycles. The molecule has 0 aliphatic carbocycles. The Bertz CT molecular complexity index is 547. The summed E-state index contributed by atoms with van der Waals surface area (Å²) in [4.78, 5) is 23.5. The Kier molecular flexibility index (Phi) is 18.6. The van der Waals surface area contributed by atoms with Gasteiger partial charge in [-0.2, -0.15) is 33.7 Å². The fraction of sp³-hybridized carbons (Fsp3) is 0.917. The highest BCUT2D eigenvalue weighted by molar-refractivity contribution is 7.98. The lowest BCUT2D eigenvalue weighted by atomic mass is 10.0. The molecule has 0 heterocycles. The molecule has 10 heteroatoms. The lowest BCUT2D eigenvalue weighted by molar-refractivity contribution is -0.270. The van der Waals surface area contributed by atoms with E-state index in [1.807, 2.05) is 0 Å². The average Bonchev–Trinajstić information content (AvgIpc) is 2.78. The van der Waals surface area contributed by atoms with Crippen molar-refractivity contribution in [2.45, 2.75) is 121 Å². The standard InChI is InChI=1S/C24H42F5NO3S/c1-3-4-5-6-7-8-9-10-11-12-13-14-15-16-18-33-21(31)20(17-19-34-2)30-22(32)23(25,26)24(27,28)29/h20H,3-19H2,1-2H3,(H,30,32). The molecule has 1 N–H and O–H groups in total. The molecule has 0 fully saturated rings. The smallest absolute Gasteiger partial charge is 0.463 e. The van der Waals surface area contributed by atoms with E-state index in [-0.39, 0.29) is 18.8 Å². The Morgan fingerprint density at radius 3 is 1.65 bits per heavy atom. The van der Waals surface area contributed by atoms with Gasteiger partial charge in [0.05, 0.1) is 6.61 Å². The highest BCUT2D eigenvalue weighted by atomic mass is 32.2. The van der Waals surface area contributed by atoms with E-state index in [2.05, 4.69) is 6.92 Å². The molecule has 4 nitrogen and oxygen atoms in total. The van der Waals surface area contributed by atoms with Crippen LogP contribution in [0.3, 0.4) is 0 Å². The first kappa shape index (κ1) is 32.9. The number of rotatable bonds is 21. The SMILES string of the molecule is CCCCCCCCCCCCCCCCOC(=O)C(CCSC)NC(=O)C(F)(F)C(F)(F)F. The molecular formula is C24H42F5NO3S. The molecule has 0 aromatic heterocycles. The van der Waals surface area contributed by atoms with Gasteiger partial charge in [-0.05, 0) is 24.9 Å². The second kappa shape index (κ2) is 19.2. The second-order valence-corrected chi connectivity index (χ2v) is 9.63. The van der Waals surface area contributed by atoms with Crippen LogP contribution in [0.2, 0.25) is 0 Å². The van der Waals surface area contributed by atoms with Crippen LogP contribution in [0.5, 0.6) is 0 Å². The van der Waals surface area contributed by atoms with Crippen LogP contribution >= 0.6 is 11.8 Å². The normalized spacial score (nSPS) is 13.0. The van der Waals surface area contributed by atoms with Crippen molar-refractivity contribution in [2.75, 3.05) is 18.6 Å². The Hall–Kier alpha value is -1.06. The average molecular weight is 520 g/mol. The van der Waals surface area contributed by atoms with Gasteiger partial charge in [-0.1, -0.05) is 90.4 Å². The van der Waals surface area contributed by atoms with Crippen LogP contribution < -0.4 is 5.32 Å². The van der Waals surface area contributed by atoms with Gasteiger partial charge >= 0.3 is 24.0 Å². The van der Waals surface area contributed by atoms with Crippen molar-refractivity contribution in [3.05, 3.63) is 0 Å². The third-order valence-corrected chi connectivity index (χ3v) is 6.23. The van der Waals surface area contributed by atoms with E-state index in [1.54, 1.807) is 6.26 Å². The maximum absolute atomic E-state index is 13.2. The summed E-state index contributed by atoms with van der Waals surface area (Å²) < 4.78 is 68.5. The summed E-state index contributed by atoms with van der Waals surface area (Å²) >= 11 is 1.27. The maximum atomic E-state index is 13.2. The van der Waals surface area contributed by atoms with E-state index in [4.69, 9.17) is 4.74 Å². The van der Waals surface area contributed by atoms with E-state index in [0.717, 1.165) is 25.7 Å². The first-order valence-corrected chi connectivity index (χ1v) is 13.9. The summed E-state index contributed by atoms with van der Waals surface area (Å²) in [7, 11) is 0. The molecule has 0 aromatic carbocycles. The van der Waals surface area contributed by atoms with Crippen molar-refractivity contribution >= 4 is 23.6 Å². The van der Waals surface area contributed by atoms with Gasteiger partial charge in [0.1, 0.15) is 6.04 Å². The zero-order chi connectivity index (χ0) is 25.9. The number of thioether (sulfide) groups is 1. The van der Waals surface area contributed by atoms with Gasteiger partial charge in [0, 0.05) is 0 Å². The molecule has 0 bridgehead atoms. The first-order valence-electron chi connectivity index (χ1n) is 12.5. The quantitative estimate of drug-likeness (QED) is 0.0972. The Morgan fingerprint density at radius 1 is 0.794 bits per heavy atom. The Labute approximate surface area is 205 Å². The molecule has 0 rings (SSSR count). The number of hydrogen-bond donors (Lipinski definition) is 1. The number of esters is 1. The lowest BCUT2D eigenvalue weighted by Crippen LogP contribution is -2.55. The zero-order valence-corrected chi connectivity index (χ0v) is 21.4. The molecule has 1 unspecified atom stereocenters. The largest absolute Gasteiger partial charge is 0.464 e. The first-order chi connectivity index (χ1) is 16.1. The summed E-state index contributed by atoms with van der Waals surface area (Å²) in [6.45, 7) is 2.26. The molecule has 0 aliphatic rings. The van der Waals surface area contributed by atoms with Crippen molar-refractivity contribution < 1.29 is 36.3 Å². The predicted octanol–water partition coefficient (Wildman–Crippen LogP) is 7.45. The summed E-state index contributed by atoms with van der Waals surface area (Å²) in [5, 5.41) is 1.50. The highest BCUT2D eigenvalue weighted by Gasteiger charge is 2.63. The topological polar surface area (TPSA) is 55.4 Å². The van der Waals surface area contributed by atoms with E-state index in [1.165, 1.54) is 74.9 Å². The molecule has 0 saturated heterocycles. The molecule has 1 amide bonds. The Balaban J connectivity index is 3.99. The van der Waals surface area contributed by atoms with Crippen molar-refractivity contribution in [1.29, 1.82) is 0 Å². The number of halogens is 5. The van der Waals surface area contributed by atoms with Gasteiger partial charge in [-0.25, -0.2) is 4.79 Å². The number of ether oxygens (including phenoxy) is 1. The summed E-state index contributed by atoms with van der Waals surface area (Å²) in [5.41, 5.74) is 0. The third kappa shape index (κ3) is 15.0. The monoisotopic (exact) mass is 519 g/mol. The van der Waals surface area contributed by atoms with Crippen molar-refractivity contribution in [2.24, 2.45) is 0 Å². The second-order valence-electron chi connectivity index (χ2n) is 8.64. The van der Waals surface area contributed by atoms with Crippen LogP contribution in [0.4, 0.5) is 22.0 Å². The fourth-order valence-electron chi connectivity index (χ4n) is 3.43. The number of unbranched alkanes of at least 4 members (excludes halogenated alkanes) is 13. The lowest BCUT2D eigenvalue weighted by Gasteiger charge is -2.22. The van der Waals surface area contributed by atoms with Gasteiger partial charge in [0.2, 0.25) is 0 Å². The van der Waals surface area contributed by atoms with E-state index < -0.39 is 30.0 Å². The van der Waals surface area contributed by atoms with Crippen molar-refractivity contribution in [1.82, 2.24) is 5.32 Å². The molecule has 34 heavy (non-hydrogen) atoms. The van der Waals surface area contributed by atoms with Crippen LogP contribution in [0.25, 0.3) is 0 Å².